The second kappa shape index (κ2) is 5.26. The minimum atomic E-state index is -0.262. The Hall–Kier alpha value is -2.27. The molecule has 4 nitrogen and oxygen atoms in total. The zero-order valence-electron chi connectivity index (χ0n) is 11.8. The van der Waals surface area contributed by atoms with Crippen LogP contribution in [0.15, 0.2) is 46.3 Å². The lowest BCUT2D eigenvalue weighted by molar-refractivity contribution is -0.113. The smallest absolute Gasteiger partial charge is 0.286 e. The summed E-state index contributed by atoms with van der Waals surface area (Å²) >= 11 is 1.22. The fraction of sp³-hybridized carbons (Fsp3) is 0.125. The fourth-order valence-corrected chi connectivity index (χ4v) is 3.15. The highest BCUT2D eigenvalue weighted by atomic mass is 32.2. The number of aliphatic imine (C=N–C) groups is 1. The molecule has 106 valence electrons. The van der Waals surface area contributed by atoms with Gasteiger partial charge in [-0.1, -0.05) is 18.2 Å². The summed E-state index contributed by atoms with van der Waals surface area (Å²) in [7, 11) is 0. The van der Waals surface area contributed by atoms with Crippen molar-refractivity contribution < 1.29 is 4.79 Å². The van der Waals surface area contributed by atoms with Gasteiger partial charge >= 0.3 is 0 Å². The molecule has 0 radical (unpaired) electrons. The van der Waals surface area contributed by atoms with Gasteiger partial charge in [-0.3, -0.25) is 4.79 Å². The number of aromatic nitrogens is 1. The van der Waals surface area contributed by atoms with Crippen molar-refractivity contribution in [1.82, 2.24) is 4.57 Å². The third-order valence-electron chi connectivity index (χ3n) is 3.41. The molecule has 21 heavy (non-hydrogen) atoms. The lowest BCUT2D eigenvalue weighted by atomic mass is 10.2. The number of nitrogens with two attached hydrogens (primary N) is 1. The van der Waals surface area contributed by atoms with Crippen molar-refractivity contribution in [2.24, 2.45) is 10.7 Å². The molecular weight excluding hydrogens is 282 g/mol. The Balaban J connectivity index is 2.04. The zero-order chi connectivity index (χ0) is 15.0. The molecule has 1 aromatic carbocycles. The molecule has 0 atom stereocenters. The molecule has 2 N–H and O–H groups in total. The van der Waals surface area contributed by atoms with Crippen molar-refractivity contribution in [1.29, 1.82) is 0 Å². The summed E-state index contributed by atoms with van der Waals surface area (Å²) in [4.78, 5) is 16.0. The van der Waals surface area contributed by atoms with E-state index in [1.165, 1.54) is 11.8 Å². The molecule has 1 aliphatic heterocycles. The molecule has 0 bridgehead atoms. The third-order valence-corrected chi connectivity index (χ3v) is 4.22. The Kier molecular flexibility index (Phi) is 3.43. The van der Waals surface area contributed by atoms with Crippen molar-refractivity contribution in [2.45, 2.75) is 13.8 Å². The van der Waals surface area contributed by atoms with E-state index in [1.54, 1.807) is 0 Å². The molecule has 0 aliphatic carbocycles. The molecule has 0 fully saturated rings. The monoisotopic (exact) mass is 297 g/mol. The summed E-state index contributed by atoms with van der Waals surface area (Å²) in [5, 5.41) is 0.308. The number of rotatable bonds is 2. The van der Waals surface area contributed by atoms with Gasteiger partial charge in [-0.25, -0.2) is 0 Å². The van der Waals surface area contributed by atoms with Crippen molar-refractivity contribution >= 4 is 28.9 Å². The van der Waals surface area contributed by atoms with Gasteiger partial charge in [0.2, 0.25) is 0 Å². The van der Waals surface area contributed by atoms with Crippen LogP contribution in [-0.2, 0) is 4.79 Å². The Morgan fingerprint density at radius 2 is 1.95 bits per heavy atom. The van der Waals surface area contributed by atoms with E-state index in [9.17, 15) is 4.79 Å². The van der Waals surface area contributed by atoms with Crippen LogP contribution in [0.4, 0.5) is 0 Å². The van der Waals surface area contributed by atoms with Crippen LogP contribution < -0.4 is 5.73 Å². The molecule has 0 saturated heterocycles. The van der Waals surface area contributed by atoms with Gasteiger partial charge in [-0.05, 0) is 55.4 Å². The molecule has 1 aliphatic rings. The number of nitrogens with zero attached hydrogens (tertiary/aromatic N) is 2. The minimum absolute atomic E-state index is 0.262. The Morgan fingerprint density at radius 3 is 2.57 bits per heavy atom. The molecule has 0 unspecified atom stereocenters. The molecule has 2 heterocycles. The highest BCUT2D eigenvalue weighted by Crippen LogP contribution is 2.29. The van der Waals surface area contributed by atoms with Crippen molar-refractivity contribution in [3.8, 4) is 5.69 Å². The predicted octanol–water partition coefficient (Wildman–Crippen LogP) is 3.02. The van der Waals surface area contributed by atoms with Gasteiger partial charge in [-0.15, -0.1) is 0 Å². The maximum atomic E-state index is 11.7. The normalized spacial score (nSPS) is 16.6. The topological polar surface area (TPSA) is 60.4 Å². The van der Waals surface area contributed by atoms with E-state index in [1.807, 2.05) is 31.2 Å². The quantitative estimate of drug-likeness (QED) is 0.867. The first-order valence-electron chi connectivity index (χ1n) is 6.58. The van der Waals surface area contributed by atoms with E-state index in [0.717, 1.165) is 22.6 Å². The summed E-state index contributed by atoms with van der Waals surface area (Å²) in [6, 6.07) is 12.2. The van der Waals surface area contributed by atoms with Crippen molar-refractivity contribution in [3.05, 3.63) is 58.3 Å². The predicted molar refractivity (Wildman–Crippen MR) is 87.4 cm³/mol. The van der Waals surface area contributed by atoms with Gasteiger partial charge in [0.25, 0.3) is 5.91 Å². The first-order chi connectivity index (χ1) is 10.1. The average molecular weight is 297 g/mol. The fourth-order valence-electron chi connectivity index (χ4n) is 2.47. The number of thioether (sulfide) groups is 1. The maximum Gasteiger partial charge on any atom is 0.286 e. The second-order valence-electron chi connectivity index (χ2n) is 4.86. The third kappa shape index (κ3) is 2.52. The van der Waals surface area contributed by atoms with Crippen LogP contribution in [0.3, 0.4) is 0 Å². The van der Waals surface area contributed by atoms with Crippen molar-refractivity contribution in [3.63, 3.8) is 0 Å². The number of carbonyl (C=O) groups is 1. The molecule has 1 aromatic heterocycles. The van der Waals surface area contributed by atoms with Crippen LogP contribution in [0.1, 0.15) is 17.0 Å². The molecule has 3 rings (SSSR count). The van der Waals surface area contributed by atoms with Gasteiger partial charge in [0.1, 0.15) is 0 Å². The SMILES string of the molecule is Cc1cc(C=C2SC(N)=NC2=O)c(C)n1-c1ccccc1. The number of amides is 1. The number of carbonyl (C=O) groups excluding carboxylic acids is 1. The lowest BCUT2D eigenvalue weighted by Gasteiger charge is -2.09. The number of amidine groups is 1. The maximum absolute atomic E-state index is 11.7. The van der Waals surface area contributed by atoms with Gasteiger partial charge in [0.05, 0.1) is 4.91 Å². The van der Waals surface area contributed by atoms with Crippen LogP contribution in [0.25, 0.3) is 11.8 Å². The highest BCUT2D eigenvalue weighted by molar-refractivity contribution is 8.18. The Bertz CT molecular complexity index is 772. The minimum Gasteiger partial charge on any atom is -0.378 e. The van der Waals surface area contributed by atoms with Gasteiger partial charge in [0.15, 0.2) is 5.17 Å². The number of hydrogen-bond donors (Lipinski definition) is 1. The van der Waals surface area contributed by atoms with E-state index >= 15 is 0 Å². The van der Waals surface area contributed by atoms with Crippen molar-refractivity contribution in [2.75, 3.05) is 0 Å². The van der Waals surface area contributed by atoms with Crippen LogP contribution >= 0.6 is 11.8 Å². The lowest BCUT2D eigenvalue weighted by Crippen LogP contribution is -2.01. The van der Waals surface area contributed by atoms with E-state index in [4.69, 9.17) is 5.73 Å². The molecule has 2 aromatic rings. The molecule has 5 heteroatoms. The summed E-state index contributed by atoms with van der Waals surface area (Å²) in [5.74, 6) is -0.262. The van der Waals surface area contributed by atoms with E-state index in [0.29, 0.717) is 10.1 Å². The number of aryl methyl sites for hydroxylation is 1. The summed E-state index contributed by atoms with van der Waals surface area (Å²) in [6.45, 7) is 4.09. The first kappa shape index (κ1) is 13.7. The van der Waals surface area contributed by atoms with E-state index in [-0.39, 0.29) is 5.91 Å². The highest BCUT2D eigenvalue weighted by Gasteiger charge is 2.20. The van der Waals surface area contributed by atoms with Gasteiger partial charge in [-0.2, -0.15) is 4.99 Å². The largest absolute Gasteiger partial charge is 0.378 e. The average Bonchev–Trinajstić information content (AvgIpc) is 2.91. The molecule has 1 amide bonds. The summed E-state index contributed by atoms with van der Waals surface area (Å²) < 4.78 is 2.17. The van der Waals surface area contributed by atoms with Crippen LogP contribution in [0.2, 0.25) is 0 Å². The summed E-state index contributed by atoms with van der Waals surface area (Å²) in [6.07, 6.45) is 1.86. The second-order valence-corrected chi connectivity index (χ2v) is 5.93. The number of hydrogen-bond acceptors (Lipinski definition) is 3. The first-order valence-corrected chi connectivity index (χ1v) is 7.40. The van der Waals surface area contributed by atoms with Crippen LogP contribution in [-0.4, -0.2) is 15.6 Å². The number of para-hydroxylation sites is 1. The van der Waals surface area contributed by atoms with Gasteiger partial charge < -0.3 is 10.3 Å². The van der Waals surface area contributed by atoms with E-state index < -0.39 is 0 Å². The molecule has 0 spiro atoms. The Morgan fingerprint density at radius 1 is 1.24 bits per heavy atom. The number of benzene rings is 1. The Labute approximate surface area is 127 Å². The molecule has 0 saturated carbocycles. The standard InChI is InChI=1S/C16H15N3OS/c1-10-8-12(9-14-15(20)18-16(17)21-14)11(2)19(10)13-6-4-3-5-7-13/h3-9H,1-2H3,(H2,17,18,20). The molecular formula is C16H15N3OS. The van der Waals surface area contributed by atoms with Gasteiger partial charge in [0, 0.05) is 17.1 Å². The van der Waals surface area contributed by atoms with Crippen LogP contribution in [0, 0.1) is 13.8 Å². The zero-order valence-corrected chi connectivity index (χ0v) is 12.6. The van der Waals surface area contributed by atoms with Crippen LogP contribution in [0.5, 0.6) is 0 Å². The summed E-state index contributed by atoms with van der Waals surface area (Å²) in [5.41, 5.74) is 9.91. The van der Waals surface area contributed by atoms with E-state index in [2.05, 4.69) is 34.7 Å².